The van der Waals surface area contributed by atoms with Gasteiger partial charge in [-0.1, -0.05) is 0 Å². The van der Waals surface area contributed by atoms with Crippen molar-refractivity contribution in [3.8, 4) is 0 Å². The van der Waals surface area contributed by atoms with Crippen molar-refractivity contribution in [1.29, 1.82) is 0 Å². The first kappa shape index (κ1) is 11.6. The molecule has 1 saturated heterocycles. The number of aromatic nitrogens is 2. The molecule has 0 aliphatic carbocycles. The molecule has 0 radical (unpaired) electrons. The van der Waals surface area contributed by atoms with Crippen LogP contribution in [0.15, 0.2) is 10.8 Å². The molecule has 1 aromatic heterocycles. The van der Waals surface area contributed by atoms with Gasteiger partial charge in [-0.15, -0.1) is 0 Å². The summed E-state index contributed by atoms with van der Waals surface area (Å²) in [6.07, 6.45) is 2.62. The lowest BCUT2D eigenvalue weighted by atomic mass is 10.3. The van der Waals surface area contributed by atoms with Gasteiger partial charge < -0.3 is 10.2 Å². The summed E-state index contributed by atoms with van der Waals surface area (Å²) in [5.41, 5.74) is 0.643. The van der Waals surface area contributed by atoms with Crippen molar-refractivity contribution in [3.63, 3.8) is 0 Å². The molecule has 0 saturated carbocycles. The molecular formula is C10H15BrN4O. The number of halogens is 1. The average molecular weight is 287 g/mol. The number of carbonyl (C=O) groups excluding carboxylic acids is 1. The molecule has 6 heteroatoms. The molecule has 0 bridgehead atoms. The summed E-state index contributed by atoms with van der Waals surface area (Å²) < 4.78 is 2.40. The van der Waals surface area contributed by atoms with E-state index in [0.29, 0.717) is 5.56 Å². The Kier molecular flexibility index (Phi) is 3.60. The molecule has 16 heavy (non-hydrogen) atoms. The minimum absolute atomic E-state index is 0.0590. The van der Waals surface area contributed by atoms with Crippen LogP contribution in [0.3, 0.4) is 0 Å². The van der Waals surface area contributed by atoms with E-state index in [-0.39, 0.29) is 5.91 Å². The van der Waals surface area contributed by atoms with E-state index < -0.39 is 0 Å². The standard InChI is InChI=1S/C10H15BrN4O/c1-14-9(11)8(7-13-14)10(16)15-5-2-3-12-4-6-15/h7,12H,2-6H2,1H3. The minimum Gasteiger partial charge on any atom is -0.337 e. The van der Waals surface area contributed by atoms with Gasteiger partial charge in [-0.2, -0.15) is 5.10 Å². The Labute approximate surface area is 103 Å². The van der Waals surface area contributed by atoms with E-state index in [1.807, 2.05) is 11.9 Å². The highest BCUT2D eigenvalue weighted by Gasteiger charge is 2.21. The molecule has 88 valence electrons. The first-order chi connectivity index (χ1) is 7.70. The van der Waals surface area contributed by atoms with Crippen molar-refractivity contribution in [3.05, 3.63) is 16.4 Å². The molecule has 2 heterocycles. The summed E-state index contributed by atoms with van der Waals surface area (Å²) in [5.74, 6) is 0.0590. The van der Waals surface area contributed by atoms with Crippen molar-refractivity contribution in [2.45, 2.75) is 6.42 Å². The molecule has 1 aromatic rings. The van der Waals surface area contributed by atoms with Gasteiger partial charge in [0.05, 0.1) is 11.8 Å². The maximum absolute atomic E-state index is 12.2. The molecule has 0 aromatic carbocycles. The zero-order chi connectivity index (χ0) is 11.5. The number of hydrogen-bond donors (Lipinski definition) is 1. The van der Waals surface area contributed by atoms with Gasteiger partial charge in [-0.3, -0.25) is 9.48 Å². The Balaban J connectivity index is 2.14. The van der Waals surface area contributed by atoms with Crippen LogP contribution in [-0.2, 0) is 7.05 Å². The third-order valence-electron chi connectivity index (χ3n) is 2.72. The number of nitrogens with one attached hydrogen (secondary N) is 1. The molecule has 1 fully saturated rings. The number of amides is 1. The second-order valence-corrected chi connectivity index (χ2v) is 4.62. The molecule has 1 N–H and O–H groups in total. The fourth-order valence-corrected chi connectivity index (χ4v) is 2.15. The minimum atomic E-state index is 0.0590. The van der Waals surface area contributed by atoms with E-state index in [0.717, 1.165) is 37.2 Å². The van der Waals surface area contributed by atoms with E-state index in [1.54, 1.807) is 10.9 Å². The summed E-state index contributed by atoms with van der Waals surface area (Å²) in [7, 11) is 1.81. The van der Waals surface area contributed by atoms with Crippen molar-refractivity contribution in [1.82, 2.24) is 20.0 Å². The maximum Gasteiger partial charge on any atom is 0.258 e. The lowest BCUT2D eigenvalue weighted by molar-refractivity contribution is 0.0765. The first-order valence-corrected chi connectivity index (χ1v) is 6.17. The number of hydrogen-bond acceptors (Lipinski definition) is 3. The molecule has 1 aliphatic heterocycles. The van der Waals surface area contributed by atoms with Crippen LogP contribution in [0.5, 0.6) is 0 Å². The van der Waals surface area contributed by atoms with Crippen molar-refractivity contribution < 1.29 is 4.79 Å². The highest BCUT2D eigenvalue weighted by Crippen LogP contribution is 2.17. The highest BCUT2D eigenvalue weighted by molar-refractivity contribution is 9.10. The van der Waals surface area contributed by atoms with Crippen molar-refractivity contribution in [2.75, 3.05) is 26.2 Å². The molecule has 0 unspecified atom stereocenters. The molecular weight excluding hydrogens is 272 g/mol. The van der Waals surface area contributed by atoms with Crippen LogP contribution < -0.4 is 5.32 Å². The largest absolute Gasteiger partial charge is 0.337 e. The Morgan fingerprint density at radius 1 is 1.50 bits per heavy atom. The van der Waals surface area contributed by atoms with Gasteiger partial charge in [0, 0.05) is 26.7 Å². The molecule has 0 atom stereocenters. The lowest BCUT2D eigenvalue weighted by Crippen LogP contribution is -2.34. The lowest BCUT2D eigenvalue weighted by Gasteiger charge is -2.19. The Morgan fingerprint density at radius 3 is 3.00 bits per heavy atom. The van der Waals surface area contributed by atoms with Crippen LogP contribution >= 0.6 is 15.9 Å². The summed E-state index contributed by atoms with van der Waals surface area (Å²) >= 11 is 3.37. The van der Waals surface area contributed by atoms with Crippen LogP contribution in [-0.4, -0.2) is 46.8 Å². The van der Waals surface area contributed by atoms with E-state index in [2.05, 4.69) is 26.3 Å². The molecule has 5 nitrogen and oxygen atoms in total. The predicted molar refractivity (Wildman–Crippen MR) is 64.3 cm³/mol. The van der Waals surface area contributed by atoms with Crippen molar-refractivity contribution >= 4 is 21.8 Å². The third kappa shape index (κ3) is 2.27. The summed E-state index contributed by atoms with van der Waals surface area (Å²) in [5, 5.41) is 7.34. The first-order valence-electron chi connectivity index (χ1n) is 5.37. The van der Waals surface area contributed by atoms with Gasteiger partial charge >= 0.3 is 0 Å². The van der Waals surface area contributed by atoms with E-state index in [1.165, 1.54) is 0 Å². The smallest absolute Gasteiger partial charge is 0.258 e. The number of carbonyl (C=O) groups is 1. The van der Waals surface area contributed by atoms with Gasteiger partial charge in [0.1, 0.15) is 4.60 Å². The van der Waals surface area contributed by atoms with Gasteiger partial charge in [-0.25, -0.2) is 0 Å². The zero-order valence-electron chi connectivity index (χ0n) is 9.24. The Hall–Kier alpha value is -0.880. The van der Waals surface area contributed by atoms with Crippen molar-refractivity contribution in [2.24, 2.45) is 7.05 Å². The van der Waals surface area contributed by atoms with E-state index in [4.69, 9.17) is 0 Å². The topological polar surface area (TPSA) is 50.2 Å². The SMILES string of the molecule is Cn1ncc(C(=O)N2CCCNCC2)c1Br. The van der Waals surface area contributed by atoms with E-state index in [9.17, 15) is 4.79 Å². The molecule has 2 rings (SSSR count). The van der Waals surface area contributed by atoms with Crippen LogP contribution in [0.25, 0.3) is 0 Å². The normalized spacial score (nSPS) is 17.2. The second-order valence-electron chi connectivity index (χ2n) is 3.87. The maximum atomic E-state index is 12.2. The van der Waals surface area contributed by atoms with Crippen LogP contribution in [0.4, 0.5) is 0 Å². The van der Waals surface area contributed by atoms with Gasteiger partial charge in [0.25, 0.3) is 5.91 Å². The molecule has 0 spiro atoms. The fourth-order valence-electron chi connectivity index (χ4n) is 1.79. The second kappa shape index (κ2) is 4.97. The number of aryl methyl sites for hydroxylation is 1. The van der Waals surface area contributed by atoms with Gasteiger partial charge in [-0.05, 0) is 28.9 Å². The predicted octanol–water partition coefficient (Wildman–Crippen LogP) is 0.618. The summed E-state index contributed by atoms with van der Waals surface area (Å²) in [4.78, 5) is 14.1. The quantitative estimate of drug-likeness (QED) is 0.823. The monoisotopic (exact) mass is 286 g/mol. The van der Waals surface area contributed by atoms with Crippen LogP contribution in [0.2, 0.25) is 0 Å². The zero-order valence-corrected chi connectivity index (χ0v) is 10.8. The fraction of sp³-hybridized carbons (Fsp3) is 0.600. The Morgan fingerprint density at radius 2 is 2.31 bits per heavy atom. The van der Waals surface area contributed by atoms with Crippen LogP contribution in [0, 0.1) is 0 Å². The van der Waals surface area contributed by atoms with Gasteiger partial charge in [0.15, 0.2) is 0 Å². The highest BCUT2D eigenvalue weighted by atomic mass is 79.9. The average Bonchev–Trinajstić information content (AvgIpc) is 2.53. The molecule has 1 aliphatic rings. The third-order valence-corrected chi connectivity index (χ3v) is 3.66. The van der Waals surface area contributed by atoms with Crippen LogP contribution in [0.1, 0.15) is 16.8 Å². The Bertz CT molecular complexity index is 382. The number of nitrogens with zero attached hydrogens (tertiary/aromatic N) is 3. The molecule has 1 amide bonds. The summed E-state index contributed by atoms with van der Waals surface area (Å²) in [6, 6.07) is 0. The number of rotatable bonds is 1. The van der Waals surface area contributed by atoms with E-state index >= 15 is 0 Å². The van der Waals surface area contributed by atoms with Gasteiger partial charge in [0.2, 0.25) is 0 Å². The summed E-state index contributed by atoms with van der Waals surface area (Å²) in [6.45, 7) is 3.43.